The van der Waals surface area contributed by atoms with E-state index in [0.29, 0.717) is 51.7 Å². The predicted octanol–water partition coefficient (Wildman–Crippen LogP) is 2.63. The first-order chi connectivity index (χ1) is 12.0. The van der Waals surface area contributed by atoms with Gasteiger partial charge in [-0.25, -0.2) is 4.39 Å². The zero-order chi connectivity index (χ0) is 17.9. The van der Waals surface area contributed by atoms with Gasteiger partial charge in [0.05, 0.1) is 11.3 Å². The molecule has 0 radical (unpaired) electrons. The van der Waals surface area contributed by atoms with Crippen molar-refractivity contribution in [2.24, 2.45) is 5.92 Å². The molecule has 6 heteroatoms. The summed E-state index contributed by atoms with van der Waals surface area (Å²) in [5.74, 6) is -1.43. The van der Waals surface area contributed by atoms with Crippen molar-refractivity contribution in [3.63, 3.8) is 0 Å². The Labute approximate surface area is 146 Å². The van der Waals surface area contributed by atoms with Crippen LogP contribution in [0.5, 0.6) is 0 Å². The molecule has 1 aromatic carbocycles. The van der Waals surface area contributed by atoms with Crippen LogP contribution in [0.3, 0.4) is 0 Å². The second-order valence-electron chi connectivity index (χ2n) is 7.06. The van der Waals surface area contributed by atoms with Crippen LogP contribution in [-0.2, 0) is 19.7 Å². The van der Waals surface area contributed by atoms with E-state index in [9.17, 15) is 14.0 Å². The zero-order valence-corrected chi connectivity index (χ0v) is 14.2. The highest BCUT2D eigenvalue weighted by atomic mass is 19.1. The van der Waals surface area contributed by atoms with Gasteiger partial charge in [0.2, 0.25) is 5.91 Å². The SMILES string of the molecule is O=C(O)C1CCC(NC(=O)C2(c3ccc(F)cc3)CCOCC2)CC1. The molecule has 0 unspecified atom stereocenters. The number of nitrogens with one attached hydrogen (secondary N) is 1. The minimum absolute atomic E-state index is 0.00303. The van der Waals surface area contributed by atoms with Gasteiger partial charge in [0.25, 0.3) is 0 Å². The Morgan fingerprint density at radius 1 is 1.08 bits per heavy atom. The molecule has 2 N–H and O–H groups in total. The lowest BCUT2D eigenvalue weighted by atomic mass is 9.73. The van der Waals surface area contributed by atoms with Gasteiger partial charge in [-0.1, -0.05) is 12.1 Å². The van der Waals surface area contributed by atoms with Crippen molar-refractivity contribution in [3.8, 4) is 0 Å². The van der Waals surface area contributed by atoms with Crippen LogP contribution < -0.4 is 5.32 Å². The highest BCUT2D eigenvalue weighted by molar-refractivity contribution is 5.88. The van der Waals surface area contributed by atoms with Crippen LogP contribution in [0.1, 0.15) is 44.1 Å². The van der Waals surface area contributed by atoms with Crippen molar-refractivity contribution in [2.45, 2.75) is 50.0 Å². The van der Waals surface area contributed by atoms with E-state index in [1.54, 1.807) is 12.1 Å². The summed E-state index contributed by atoms with van der Waals surface area (Å²) in [6.07, 6.45) is 3.67. The molecule has 1 heterocycles. The second-order valence-corrected chi connectivity index (χ2v) is 7.06. The van der Waals surface area contributed by atoms with E-state index in [1.807, 2.05) is 0 Å². The molecule has 1 saturated carbocycles. The number of rotatable bonds is 4. The molecule has 0 atom stereocenters. The zero-order valence-electron chi connectivity index (χ0n) is 14.2. The number of hydrogen-bond donors (Lipinski definition) is 2. The minimum Gasteiger partial charge on any atom is -0.481 e. The van der Waals surface area contributed by atoms with Crippen molar-refractivity contribution in [1.82, 2.24) is 5.32 Å². The smallest absolute Gasteiger partial charge is 0.306 e. The Bertz CT molecular complexity index is 617. The van der Waals surface area contributed by atoms with E-state index in [0.717, 1.165) is 5.56 Å². The Morgan fingerprint density at radius 3 is 2.24 bits per heavy atom. The van der Waals surface area contributed by atoms with E-state index < -0.39 is 11.4 Å². The lowest BCUT2D eigenvalue weighted by Crippen LogP contribution is -2.51. The summed E-state index contributed by atoms with van der Waals surface area (Å²) >= 11 is 0. The molecule has 0 bridgehead atoms. The number of aliphatic carboxylic acids is 1. The fourth-order valence-electron chi connectivity index (χ4n) is 3.94. The molecule has 25 heavy (non-hydrogen) atoms. The van der Waals surface area contributed by atoms with Crippen LogP contribution >= 0.6 is 0 Å². The normalized spacial score (nSPS) is 26.0. The summed E-state index contributed by atoms with van der Waals surface area (Å²) < 4.78 is 18.7. The summed E-state index contributed by atoms with van der Waals surface area (Å²) in [4.78, 5) is 24.2. The van der Waals surface area contributed by atoms with Crippen molar-refractivity contribution >= 4 is 11.9 Å². The molecule has 1 aliphatic carbocycles. The number of carboxylic acids is 1. The van der Waals surface area contributed by atoms with E-state index >= 15 is 0 Å². The maximum Gasteiger partial charge on any atom is 0.306 e. The second kappa shape index (κ2) is 7.52. The van der Waals surface area contributed by atoms with E-state index in [1.165, 1.54) is 12.1 Å². The molecule has 136 valence electrons. The van der Waals surface area contributed by atoms with Gasteiger partial charge in [-0.05, 0) is 56.2 Å². The largest absolute Gasteiger partial charge is 0.481 e. The Balaban J connectivity index is 1.72. The summed E-state index contributed by atoms with van der Waals surface area (Å²) in [6.45, 7) is 0.993. The average Bonchev–Trinajstić information content (AvgIpc) is 2.63. The summed E-state index contributed by atoms with van der Waals surface area (Å²) in [7, 11) is 0. The van der Waals surface area contributed by atoms with Crippen LogP contribution in [-0.4, -0.2) is 36.2 Å². The third kappa shape index (κ3) is 3.84. The minimum atomic E-state index is -0.753. The van der Waals surface area contributed by atoms with Crippen LogP contribution in [0.25, 0.3) is 0 Å². The number of hydrogen-bond acceptors (Lipinski definition) is 3. The summed E-state index contributed by atoms with van der Waals surface area (Å²) in [5, 5.41) is 12.2. The average molecular weight is 349 g/mol. The molecule has 1 aliphatic heterocycles. The van der Waals surface area contributed by atoms with Gasteiger partial charge in [-0.15, -0.1) is 0 Å². The van der Waals surface area contributed by atoms with Crippen LogP contribution in [0.2, 0.25) is 0 Å². The molecule has 0 spiro atoms. The molecule has 2 fully saturated rings. The van der Waals surface area contributed by atoms with Crippen LogP contribution in [0.15, 0.2) is 24.3 Å². The summed E-state index contributed by atoms with van der Waals surface area (Å²) in [6, 6.07) is 6.14. The van der Waals surface area contributed by atoms with Crippen molar-refractivity contribution < 1.29 is 23.8 Å². The number of halogens is 1. The quantitative estimate of drug-likeness (QED) is 0.876. The first-order valence-electron chi connectivity index (χ1n) is 8.89. The van der Waals surface area contributed by atoms with Crippen molar-refractivity contribution in [2.75, 3.05) is 13.2 Å². The highest BCUT2D eigenvalue weighted by Crippen LogP contribution is 2.36. The Hall–Kier alpha value is -1.95. The van der Waals surface area contributed by atoms with Gasteiger partial charge in [-0.3, -0.25) is 9.59 Å². The number of carbonyl (C=O) groups excluding carboxylic acids is 1. The van der Waals surface area contributed by atoms with Crippen molar-refractivity contribution in [3.05, 3.63) is 35.6 Å². The standard InChI is InChI=1S/C19H24FNO4/c20-15-5-3-14(4-6-15)19(9-11-25-12-10-19)18(24)21-16-7-1-13(2-8-16)17(22)23/h3-6,13,16H,1-2,7-12H2,(H,21,24)(H,22,23). The Morgan fingerprint density at radius 2 is 1.68 bits per heavy atom. The topological polar surface area (TPSA) is 75.6 Å². The molecule has 0 aromatic heterocycles. The first-order valence-corrected chi connectivity index (χ1v) is 8.89. The van der Waals surface area contributed by atoms with Gasteiger partial charge >= 0.3 is 5.97 Å². The van der Waals surface area contributed by atoms with Gasteiger partial charge < -0.3 is 15.2 Å². The van der Waals surface area contributed by atoms with Gasteiger partial charge in [0.1, 0.15) is 5.82 Å². The number of carbonyl (C=O) groups is 2. The fraction of sp³-hybridized carbons (Fsp3) is 0.579. The lowest BCUT2D eigenvalue weighted by Gasteiger charge is -2.38. The molecule has 1 saturated heterocycles. The third-order valence-corrected chi connectivity index (χ3v) is 5.59. The van der Waals surface area contributed by atoms with E-state index in [-0.39, 0.29) is 23.7 Å². The third-order valence-electron chi connectivity index (χ3n) is 5.59. The van der Waals surface area contributed by atoms with Crippen molar-refractivity contribution in [1.29, 1.82) is 0 Å². The van der Waals surface area contributed by atoms with Gasteiger partial charge in [-0.2, -0.15) is 0 Å². The van der Waals surface area contributed by atoms with E-state index in [4.69, 9.17) is 9.84 Å². The molecular formula is C19H24FNO4. The Kier molecular flexibility index (Phi) is 5.37. The molecule has 2 aliphatic rings. The van der Waals surface area contributed by atoms with E-state index in [2.05, 4.69) is 5.32 Å². The number of ether oxygens (including phenoxy) is 1. The number of carboxylic acid groups (broad SMARTS) is 1. The molecule has 5 nitrogen and oxygen atoms in total. The fourth-order valence-corrected chi connectivity index (χ4v) is 3.94. The summed E-state index contributed by atoms with van der Waals surface area (Å²) in [5.41, 5.74) is 0.115. The monoisotopic (exact) mass is 349 g/mol. The predicted molar refractivity (Wildman–Crippen MR) is 89.7 cm³/mol. The lowest BCUT2D eigenvalue weighted by molar-refractivity contribution is -0.142. The number of benzene rings is 1. The molecule has 3 rings (SSSR count). The maximum atomic E-state index is 13.3. The van der Waals surface area contributed by atoms with Crippen LogP contribution in [0.4, 0.5) is 4.39 Å². The van der Waals surface area contributed by atoms with Gasteiger partial charge in [0, 0.05) is 19.3 Å². The number of amides is 1. The maximum absolute atomic E-state index is 13.3. The first kappa shape index (κ1) is 17.9. The molecular weight excluding hydrogens is 325 g/mol. The molecule has 1 aromatic rings. The molecule has 1 amide bonds. The highest BCUT2D eigenvalue weighted by Gasteiger charge is 2.42. The van der Waals surface area contributed by atoms with Gasteiger partial charge in [0.15, 0.2) is 0 Å². The van der Waals surface area contributed by atoms with Crippen LogP contribution in [0, 0.1) is 11.7 Å².